The van der Waals surface area contributed by atoms with Crippen LogP contribution in [0.4, 0.5) is 5.82 Å². The molecular formula is C33H36N6O2S. The van der Waals surface area contributed by atoms with Crippen LogP contribution in [0.5, 0.6) is 0 Å². The van der Waals surface area contributed by atoms with Crippen LogP contribution in [0, 0.1) is 11.3 Å². The van der Waals surface area contributed by atoms with Crippen molar-refractivity contribution in [3.8, 4) is 10.6 Å². The number of pyridine rings is 2. The number of H-pyrrole nitrogens is 1. The van der Waals surface area contributed by atoms with Crippen LogP contribution < -0.4 is 11.1 Å². The van der Waals surface area contributed by atoms with Gasteiger partial charge in [0, 0.05) is 46.0 Å². The highest BCUT2D eigenvalue weighted by Crippen LogP contribution is 2.34. The largest absolute Gasteiger partial charge is 0.383 e. The summed E-state index contributed by atoms with van der Waals surface area (Å²) in [6.07, 6.45) is 10.8. The van der Waals surface area contributed by atoms with Gasteiger partial charge >= 0.3 is 0 Å². The molecule has 0 spiro atoms. The Kier molecular flexibility index (Phi) is 8.51. The zero-order chi connectivity index (χ0) is 30.0. The zero-order valence-corrected chi connectivity index (χ0v) is 24.9. The number of aromatic amines is 1. The standard InChI is InChI=1S/C33H36N6O2S/c1-18(2)8-9-22(14-19(3)38-33(41)21-6-5-7-21)23-15-25(32(35)37-17-23)30(34)27-16-24-26(39-27)12-13-36-31(24)29-11-10-28(42-29)20(4)40/h9-17,21,33-34,38-39,41H,1,5-8H2,2-4H3,(H2,35,37)/b19-14+,22-9+,34-30?. The van der Waals surface area contributed by atoms with E-state index in [9.17, 15) is 9.90 Å². The monoisotopic (exact) mass is 580 g/mol. The molecule has 4 aromatic heterocycles. The third kappa shape index (κ3) is 6.27. The Hall–Kier alpha value is -4.34. The Labute approximate surface area is 249 Å². The number of fused-ring (bicyclic) bond motifs is 1. The molecule has 1 saturated carbocycles. The van der Waals surface area contributed by atoms with Gasteiger partial charge in [0.15, 0.2) is 5.78 Å². The van der Waals surface area contributed by atoms with Crippen molar-refractivity contribution < 1.29 is 9.90 Å². The van der Waals surface area contributed by atoms with Crippen molar-refractivity contribution in [1.29, 1.82) is 5.41 Å². The number of nitrogens with zero attached hydrogens (tertiary/aromatic N) is 2. The number of rotatable bonds is 11. The van der Waals surface area contributed by atoms with Crippen molar-refractivity contribution in [2.45, 2.75) is 52.7 Å². The first-order valence-electron chi connectivity index (χ1n) is 14.0. The number of carbonyl (C=O) groups excluding carboxylic acids is 1. The number of anilines is 1. The molecule has 8 nitrogen and oxygen atoms in total. The summed E-state index contributed by atoms with van der Waals surface area (Å²) >= 11 is 1.40. The van der Waals surface area contributed by atoms with Gasteiger partial charge in [-0.15, -0.1) is 11.3 Å². The van der Waals surface area contributed by atoms with E-state index in [2.05, 4.69) is 32.9 Å². The summed E-state index contributed by atoms with van der Waals surface area (Å²) in [5, 5.41) is 23.7. The van der Waals surface area contributed by atoms with Crippen LogP contribution in [0.3, 0.4) is 0 Å². The summed E-state index contributed by atoms with van der Waals surface area (Å²) in [5.74, 6) is 0.554. The first-order chi connectivity index (χ1) is 20.1. The maximum absolute atomic E-state index is 11.8. The number of nitrogens with two attached hydrogens (primary N) is 1. The van der Waals surface area contributed by atoms with E-state index < -0.39 is 6.23 Å². The van der Waals surface area contributed by atoms with Crippen molar-refractivity contribution in [3.63, 3.8) is 0 Å². The number of carbonyl (C=O) groups is 1. The van der Waals surface area contributed by atoms with E-state index in [0.29, 0.717) is 22.6 Å². The van der Waals surface area contributed by atoms with Gasteiger partial charge in [0.1, 0.15) is 12.0 Å². The van der Waals surface area contributed by atoms with Gasteiger partial charge in [-0.25, -0.2) is 4.98 Å². The lowest BCUT2D eigenvalue weighted by molar-refractivity contribution is 0.0434. The van der Waals surface area contributed by atoms with Crippen LogP contribution in [0.2, 0.25) is 0 Å². The third-order valence-electron chi connectivity index (χ3n) is 7.54. The lowest BCUT2D eigenvalue weighted by Crippen LogP contribution is -2.38. The molecule has 0 radical (unpaired) electrons. The van der Waals surface area contributed by atoms with Gasteiger partial charge in [0.2, 0.25) is 0 Å². The number of Topliss-reactive ketones (excluding diaryl/α,β-unsaturated/α-hetero) is 1. The first-order valence-corrected chi connectivity index (χ1v) is 14.8. The maximum atomic E-state index is 11.8. The highest BCUT2D eigenvalue weighted by Gasteiger charge is 2.25. The van der Waals surface area contributed by atoms with Gasteiger partial charge < -0.3 is 21.1 Å². The number of ketones is 1. The Morgan fingerprint density at radius 1 is 1.26 bits per heavy atom. The number of nitrogen functional groups attached to an aromatic ring is 1. The first kappa shape index (κ1) is 29.2. The molecule has 9 heteroatoms. The Morgan fingerprint density at radius 2 is 2.05 bits per heavy atom. The summed E-state index contributed by atoms with van der Waals surface area (Å²) < 4.78 is 0. The van der Waals surface area contributed by atoms with E-state index in [1.807, 2.05) is 50.3 Å². The van der Waals surface area contributed by atoms with Crippen LogP contribution >= 0.6 is 11.3 Å². The Morgan fingerprint density at radius 3 is 2.71 bits per heavy atom. The minimum absolute atomic E-state index is 0.0184. The van der Waals surface area contributed by atoms with Crippen LogP contribution in [0.15, 0.2) is 72.7 Å². The second-order valence-electron chi connectivity index (χ2n) is 11.0. The van der Waals surface area contributed by atoms with Gasteiger partial charge in [0.05, 0.1) is 26.9 Å². The molecule has 5 rings (SSSR count). The fourth-order valence-corrected chi connectivity index (χ4v) is 5.86. The van der Waals surface area contributed by atoms with Crippen molar-refractivity contribution >= 4 is 45.1 Å². The molecule has 1 fully saturated rings. The second-order valence-corrected chi connectivity index (χ2v) is 12.1. The molecule has 1 atom stereocenters. The average Bonchev–Trinajstić information content (AvgIpc) is 3.58. The van der Waals surface area contributed by atoms with E-state index in [4.69, 9.17) is 11.1 Å². The fraction of sp³-hybridized carbons (Fsp3) is 0.273. The smallest absolute Gasteiger partial charge is 0.169 e. The van der Waals surface area contributed by atoms with Gasteiger partial charge in [-0.2, -0.15) is 0 Å². The summed E-state index contributed by atoms with van der Waals surface area (Å²) in [6, 6.07) is 9.36. The third-order valence-corrected chi connectivity index (χ3v) is 8.73. The molecule has 1 aliphatic rings. The predicted octanol–water partition coefficient (Wildman–Crippen LogP) is 6.85. The zero-order valence-electron chi connectivity index (χ0n) is 24.1. The average molecular weight is 581 g/mol. The molecule has 0 saturated heterocycles. The number of aliphatic hydroxyl groups is 1. The van der Waals surface area contributed by atoms with Gasteiger partial charge in [-0.05, 0) is 82.0 Å². The van der Waals surface area contributed by atoms with E-state index in [1.54, 1.807) is 19.3 Å². The van der Waals surface area contributed by atoms with Crippen molar-refractivity contribution in [3.05, 3.63) is 94.4 Å². The van der Waals surface area contributed by atoms with E-state index in [0.717, 1.165) is 63.1 Å². The lowest BCUT2D eigenvalue weighted by Gasteiger charge is -2.31. The molecule has 6 N–H and O–H groups in total. The molecular weight excluding hydrogens is 544 g/mol. The quantitative estimate of drug-likeness (QED) is 0.0432. The molecule has 1 unspecified atom stereocenters. The summed E-state index contributed by atoms with van der Waals surface area (Å²) in [5.41, 5.74) is 12.7. The van der Waals surface area contributed by atoms with Gasteiger partial charge in [0.25, 0.3) is 0 Å². The van der Waals surface area contributed by atoms with Crippen LogP contribution in [-0.4, -0.2) is 37.8 Å². The molecule has 4 aromatic rings. The summed E-state index contributed by atoms with van der Waals surface area (Å²) in [7, 11) is 0. The normalized spacial score (nSPS) is 15.0. The molecule has 0 amide bonds. The Bertz CT molecular complexity index is 1740. The van der Waals surface area contributed by atoms with Crippen molar-refractivity contribution in [2.24, 2.45) is 5.92 Å². The molecule has 0 aliphatic heterocycles. The number of thiophene rings is 1. The lowest BCUT2D eigenvalue weighted by atomic mass is 9.84. The summed E-state index contributed by atoms with van der Waals surface area (Å²) in [4.78, 5) is 25.8. The highest BCUT2D eigenvalue weighted by molar-refractivity contribution is 7.17. The predicted molar refractivity (Wildman–Crippen MR) is 172 cm³/mol. The number of nitrogens with one attached hydrogen (secondary N) is 3. The van der Waals surface area contributed by atoms with Crippen LogP contribution in [0.1, 0.15) is 72.9 Å². The Balaban J connectivity index is 1.48. The number of hydrogen-bond donors (Lipinski definition) is 5. The molecule has 0 aromatic carbocycles. The summed E-state index contributed by atoms with van der Waals surface area (Å²) in [6.45, 7) is 9.50. The fourth-order valence-electron chi connectivity index (χ4n) is 4.94. The topological polar surface area (TPSA) is 141 Å². The van der Waals surface area contributed by atoms with Crippen LogP contribution in [0.25, 0.3) is 27.0 Å². The molecule has 216 valence electrons. The van der Waals surface area contributed by atoms with E-state index in [-0.39, 0.29) is 23.2 Å². The SMILES string of the molecule is C=C(C)C/C=C(\C=C(/C)NC(O)C1CCC1)c1cnc(N)c(C(=N)c2cc3c(-c4ccc(C(C)=O)s4)nccc3[nH]2)c1. The number of aromatic nitrogens is 3. The number of aliphatic hydroxyl groups excluding tert-OH is 1. The number of allylic oxidation sites excluding steroid dienone is 5. The van der Waals surface area contributed by atoms with Crippen molar-refractivity contribution in [2.75, 3.05) is 5.73 Å². The van der Waals surface area contributed by atoms with E-state index >= 15 is 0 Å². The molecule has 42 heavy (non-hydrogen) atoms. The van der Waals surface area contributed by atoms with E-state index in [1.165, 1.54) is 11.3 Å². The van der Waals surface area contributed by atoms with Gasteiger partial charge in [-0.3, -0.25) is 15.2 Å². The minimum atomic E-state index is -0.574. The molecule has 1 aliphatic carbocycles. The maximum Gasteiger partial charge on any atom is 0.169 e. The molecule has 0 bridgehead atoms. The van der Waals surface area contributed by atoms with Crippen LogP contribution in [-0.2, 0) is 0 Å². The number of hydrogen-bond acceptors (Lipinski definition) is 8. The minimum Gasteiger partial charge on any atom is -0.383 e. The molecule has 4 heterocycles. The van der Waals surface area contributed by atoms with Crippen molar-refractivity contribution in [1.82, 2.24) is 20.3 Å². The van der Waals surface area contributed by atoms with Gasteiger partial charge in [-0.1, -0.05) is 24.6 Å². The second kappa shape index (κ2) is 12.3. The highest BCUT2D eigenvalue weighted by atomic mass is 32.1.